The lowest BCUT2D eigenvalue weighted by Crippen LogP contribution is -2.62. The monoisotopic (exact) mass is 870 g/mol. The minimum absolute atomic E-state index is 0.0358. The first kappa shape index (κ1) is 45.5. The van der Waals surface area contributed by atoms with Crippen LogP contribution < -0.4 is 10.7 Å². The summed E-state index contributed by atoms with van der Waals surface area (Å²) in [5.41, 5.74) is 7.93. The van der Waals surface area contributed by atoms with Crippen molar-refractivity contribution in [2.45, 2.75) is 90.9 Å². The Morgan fingerprint density at radius 2 is 1.86 bits per heavy atom. The van der Waals surface area contributed by atoms with Crippen molar-refractivity contribution in [2.75, 3.05) is 33.3 Å². The second-order valence-electron chi connectivity index (χ2n) is 18.5. The van der Waals surface area contributed by atoms with E-state index in [1.165, 1.54) is 16.0 Å². The number of fused-ring (bicyclic) bond motifs is 6. The number of nitrogens with one attached hydrogen (secondary N) is 2. The highest BCUT2D eigenvalue weighted by atomic mass is 16.5. The number of benzene rings is 2. The van der Waals surface area contributed by atoms with Gasteiger partial charge in [0.05, 0.1) is 29.8 Å². The van der Waals surface area contributed by atoms with Crippen molar-refractivity contribution >= 4 is 40.5 Å². The van der Waals surface area contributed by atoms with E-state index in [2.05, 4.69) is 28.4 Å². The minimum atomic E-state index is -1.18. The highest BCUT2D eigenvalue weighted by Gasteiger charge is 2.40. The molecule has 2 fully saturated rings. The van der Waals surface area contributed by atoms with Crippen molar-refractivity contribution in [1.29, 1.82) is 5.26 Å². The summed E-state index contributed by atoms with van der Waals surface area (Å²) >= 11 is 0. The molecular formula is C49H58N8O7. The second kappa shape index (κ2) is 18.7. The summed E-state index contributed by atoms with van der Waals surface area (Å²) in [4.78, 5) is 76.5. The van der Waals surface area contributed by atoms with E-state index < -0.39 is 53.3 Å². The summed E-state index contributed by atoms with van der Waals surface area (Å²) in [7, 11) is 1.57. The van der Waals surface area contributed by atoms with Crippen LogP contribution in [-0.4, -0.2) is 110 Å². The zero-order chi connectivity index (χ0) is 46.0. The third-order valence-electron chi connectivity index (χ3n) is 12.7. The van der Waals surface area contributed by atoms with Crippen LogP contribution in [-0.2, 0) is 41.6 Å². The molecule has 336 valence electrons. The average molecular weight is 871 g/mol. The Labute approximate surface area is 374 Å². The number of cyclic esters (lactones) is 1. The van der Waals surface area contributed by atoms with Gasteiger partial charge in [0.1, 0.15) is 29.9 Å². The summed E-state index contributed by atoms with van der Waals surface area (Å²) in [6.07, 6.45) is 6.49. The number of pyridine rings is 1. The van der Waals surface area contributed by atoms with Crippen molar-refractivity contribution in [2.24, 2.45) is 17.3 Å². The number of phenolic OH excluding ortho intramolecular Hbond substituents is 1. The number of aromatic hydroxyl groups is 1. The molecule has 15 nitrogen and oxygen atoms in total. The first-order chi connectivity index (χ1) is 30.5. The number of hydrazine groups is 1. The van der Waals surface area contributed by atoms with Crippen LogP contribution >= 0.6 is 0 Å². The van der Waals surface area contributed by atoms with Crippen molar-refractivity contribution in [3.8, 4) is 34.2 Å². The van der Waals surface area contributed by atoms with Crippen molar-refractivity contribution in [3.05, 3.63) is 84.7 Å². The number of esters is 1. The van der Waals surface area contributed by atoms with Crippen molar-refractivity contribution in [3.63, 3.8) is 0 Å². The SMILES string of the molecule is C=CC(=O)N1CC[C@H](C(=O)N(C)C(C(=O)N[C@H]2Cc3cc(O)cc(c3)-c3ccc4c(c3)c(c(-c3cccnc3)n4[C@H](C)C#N)CC(C)(C)COC(=O)[C@@H]3CCCN(N3)C2=O)C(C)C)C1. The van der Waals surface area contributed by atoms with Crippen molar-refractivity contribution in [1.82, 2.24) is 35.1 Å². The maximum absolute atomic E-state index is 14.7. The Balaban J connectivity index is 1.30. The molecule has 2 aromatic carbocycles. The van der Waals surface area contributed by atoms with E-state index in [0.717, 1.165) is 33.3 Å². The summed E-state index contributed by atoms with van der Waals surface area (Å²) in [5.74, 6) is -3.00. The minimum Gasteiger partial charge on any atom is -0.508 e. The third kappa shape index (κ3) is 9.38. The molecular weight excluding hydrogens is 813 g/mol. The molecule has 3 aliphatic rings. The van der Waals surface area contributed by atoms with Gasteiger partial charge >= 0.3 is 5.97 Å². The van der Waals surface area contributed by atoms with Crippen LogP contribution in [0, 0.1) is 28.6 Å². The molecule has 5 atom stereocenters. The molecule has 6 bridgehead atoms. The predicted molar refractivity (Wildman–Crippen MR) is 241 cm³/mol. The normalized spacial score (nSPS) is 21.1. The van der Waals surface area contributed by atoms with Gasteiger partial charge in [-0.05, 0) is 103 Å². The van der Waals surface area contributed by atoms with E-state index in [4.69, 9.17) is 4.74 Å². The Kier molecular flexibility index (Phi) is 13.3. The number of carbonyl (C=O) groups excluding carboxylic acids is 5. The fourth-order valence-corrected chi connectivity index (χ4v) is 9.51. The zero-order valence-electron chi connectivity index (χ0n) is 37.5. The van der Waals surface area contributed by atoms with Crippen LogP contribution in [0.5, 0.6) is 5.75 Å². The number of ether oxygens (including phenoxy) is 1. The van der Waals surface area contributed by atoms with Gasteiger partial charge in [0.15, 0.2) is 0 Å². The van der Waals surface area contributed by atoms with E-state index in [-0.39, 0.29) is 49.6 Å². The Morgan fingerprint density at radius 3 is 2.56 bits per heavy atom. The van der Waals surface area contributed by atoms with Gasteiger partial charge in [0.2, 0.25) is 17.7 Å². The van der Waals surface area contributed by atoms with E-state index >= 15 is 0 Å². The van der Waals surface area contributed by atoms with Gasteiger partial charge in [-0.25, -0.2) is 5.43 Å². The first-order valence-electron chi connectivity index (χ1n) is 22.0. The van der Waals surface area contributed by atoms with Gasteiger partial charge < -0.3 is 29.5 Å². The number of likely N-dealkylation sites (N-methyl/N-ethyl adjacent to an activating group) is 1. The van der Waals surface area contributed by atoms with Crippen LogP contribution in [0.15, 0.2) is 73.6 Å². The quantitative estimate of drug-likeness (QED) is 0.154. The number of carbonyl (C=O) groups is 5. The van der Waals surface area contributed by atoms with Crippen LogP contribution in [0.25, 0.3) is 33.3 Å². The predicted octanol–water partition coefficient (Wildman–Crippen LogP) is 5.33. The highest BCUT2D eigenvalue weighted by molar-refractivity contribution is 5.96. The molecule has 5 heterocycles. The Hall–Kier alpha value is -6.53. The van der Waals surface area contributed by atoms with Crippen LogP contribution in [0.3, 0.4) is 0 Å². The average Bonchev–Trinajstić information content (AvgIpc) is 3.90. The smallest absolute Gasteiger partial charge is 0.324 e. The summed E-state index contributed by atoms with van der Waals surface area (Å²) in [6.45, 7) is 14.0. The molecule has 0 aliphatic carbocycles. The standard InChI is InChI=1S/C49H58N8O7/c1-8-42(59)55-18-15-34(27-55)46(61)54(7)43(29(2)3)45(60)52-40-21-31-19-35(22-36(58)20-31)32-13-14-41-37(23-32)38(44(57(41)30(4)25-50)33-11-9-16-51-26-33)24-49(5,6)28-64-48(63)39-12-10-17-56(53-39)47(40)62/h8-9,11,13-14,16,19-20,22-23,26,29-30,34,39-40,43,53,58H,1,10,12,15,17-18,21,24,27-28H2,2-7H3,(H,52,60)/t30-,34+,39+,40+,43?/m1/s1. The number of rotatable bonds is 8. The van der Waals surface area contributed by atoms with E-state index in [1.807, 2.05) is 75.6 Å². The summed E-state index contributed by atoms with van der Waals surface area (Å²) in [5, 5.41) is 26.8. The molecule has 15 heteroatoms. The molecule has 2 saturated heterocycles. The van der Waals surface area contributed by atoms with Gasteiger partial charge in [-0.1, -0.05) is 46.4 Å². The van der Waals surface area contributed by atoms with Crippen LogP contribution in [0.2, 0.25) is 0 Å². The lowest BCUT2D eigenvalue weighted by molar-refractivity contribution is -0.155. The number of aromatic nitrogens is 2. The largest absolute Gasteiger partial charge is 0.508 e. The summed E-state index contributed by atoms with van der Waals surface area (Å²) < 4.78 is 8.05. The summed E-state index contributed by atoms with van der Waals surface area (Å²) in [6, 6.07) is 13.7. The maximum atomic E-state index is 14.7. The Bertz CT molecular complexity index is 2510. The molecule has 7 rings (SSSR count). The van der Waals surface area contributed by atoms with Crippen LogP contribution in [0.1, 0.15) is 71.0 Å². The molecule has 3 N–H and O–H groups in total. The molecule has 0 saturated carbocycles. The van der Waals surface area contributed by atoms with E-state index in [0.29, 0.717) is 43.4 Å². The van der Waals surface area contributed by atoms with Gasteiger partial charge in [-0.3, -0.25) is 34.0 Å². The number of nitriles is 1. The molecule has 3 aliphatic heterocycles. The molecule has 0 radical (unpaired) electrons. The highest BCUT2D eigenvalue weighted by Crippen LogP contribution is 2.42. The zero-order valence-corrected chi connectivity index (χ0v) is 37.5. The number of likely N-dealkylation sites (tertiary alicyclic amines) is 1. The molecule has 4 amide bonds. The topological polar surface area (TPSA) is 190 Å². The third-order valence-corrected chi connectivity index (χ3v) is 12.7. The maximum Gasteiger partial charge on any atom is 0.324 e. The number of hydrogen-bond donors (Lipinski definition) is 3. The number of amides is 4. The van der Waals surface area contributed by atoms with Gasteiger partial charge in [-0.15, -0.1) is 0 Å². The van der Waals surface area contributed by atoms with E-state index in [1.54, 1.807) is 36.5 Å². The van der Waals surface area contributed by atoms with E-state index in [9.17, 15) is 34.3 Å². The molecule has 64 heavy (non-hydrogen) atoms. The Morgan fingerprint density at radius 1 is 1.08 bits per heavy atom. The van der Waals surface area contributed by atoms with Gasteiger partial charge in [-0.2, -0.15) is 5.26 Å². The van der Waals surface area contributed by atoms with Crippen molar-refractivity contribution < 1.29 is 33.8 Å². The molecule has 2 aromatic heterocycles. The lowest BCUT2D eigenvalue weighted by atomic mass is 9.84. The van der Waals surface area contributed by atoms with Gasteiger partial charge in [0.25, 0.3) is 5.91 Å². The van der Waals surface area contributed by atoms with Crippen LogP contribution in [0.4, 0.5) is 0 Å². The fraction of sp³-hybridized carbons (Fsp3) is 0.449. The molecule has 4 aromatic rings. The number of hydrogen-bond acceptors (Lipinski definition) is 10. The number of phenols is 1. The first-order valence-corrected chi connectivity index (χ1v) is 22.0. The molecule has 1 unspecified atom stereocenters. The number of nitrogens with zero attached hydrogens (tertiary/aromatic N) is 6. The lowest BCUT2D eigenvalue weighted by Gasteiger charge is -2.37. The van der Waals surface area contributed by atoms with Gasteiger partial charge in [0, 0.05) is 61.9 Å². The molecule has 0 spiro atoms. The second-order valence-corrected chi connectivity index (χ2v) is 18.5. The fourth-order valence-electron chi connectivity index (χ4n) is 9.51.